The van der Waals surface area contributed by atoms with Gasteiger partial charge in [-0.05, 0) is 54.7 Å². The lowest BCUT2D eigenvalue weighted by molar-refractivity contribution is -0.384. The number of amides is 1. The average molecular weight is 504 g/mol. The Kier molecular flexibility index (Phi) is 6.56. The molecule has 3 aromatic carbocycles. The van der Waals surface area contributed by atoms with Crippen molar-refractivity contribution < 1.29 is 18.9 Å². The van der Waals surface area contributed by atoms with Gasteiger partial charge in [-0.15, -0.1) is 0 Å². The number of carbonyl (C=O) groups excluding carboxylic acids is 1. The zero-order valence-corrected chi connectivity index (χ0v) is 19.8. The molecule has 1 saturated heterocycles. The van der Waals surface area contributed by atoms with Crippen LogP contribution >= 0.6 is 12.2 Å². The number of oxazole rings is 1. The number of ether oxygens (including phenoxy) is 1. The van der Waals surface area contributed by atoms with Crippen molar-refractivity contribution >= 4 is 51.4 Å². The average Bonchev–Trinajstić information content (AvgIpc) is 3.33. The minimum Gasteiger partial charge on any atom is -0.436 e. The van der Waals surface area contributed by atoms with Crippen LogP contribution in [0.15, 0.2) is 71.1 Å². The van der Waals surface area contributed by atoms with E-state index in [0.717, 1.165) is 5.56 Å². The minimum atomic E-state index is -0.557. The summed E-state index contributed by atoms with van der Waals surface area (Å²) in [4.78, 5) is 30.3. The molecule has 4 aromatic rings. The molecule has 0 atom stereocenters. The molecule has 1 amide bonds. The number of nitrogens with one attached hydrogen (secondary N) is 2. The Morgan fingerprint density at radius 3 is 2.58 bits per heavy atom. The number of nitro benzene ring substituents is 1. The molecule has 0 saturated carbocycles. The second-order valence-electron chi connectivity index (χ2n) is 8.04. The van der Waals surface area contributed by atoms with Gasteiger partial charge >= 0.3 is 0 Å². The summed E-state index contributed by atoms with van der Waals surface area (Å²) in [7, 11) is 0. The summed E-state index contributed by atoms with van der Waals surface area (Å²) in [5.41, 5.74) is 3.14. The van der Waals surface area contributed by atoms with Crippen molar-refractivity contribution in [1.82, 2.24) is 10.3 Å². The molecule has 0 bridgehead atoms. The smallest absolute Gasteiger partial charge is 0.293 e. The minimum absolute atomic E-state index is 0.0473. The molecule has 0 unspecified atom stereocenters. The summed E-state index contributed by atoms with van der Waals surface area (Å²) >= 11 is 5.29. The second-order valence-corrected chi connectivity index (χ2v) is 8.44. The van der Waals surface area contributed by atoms with Crippen molar-refractivity contribution in [3.05, 3.63) is 82.4 Å². The van der Waals surface area contributed by atoms with Crippen LogP contribution in [-0.4, -0.2) is 47.2 Å². The molecule has 10 nitrogen and oxygen atoms in total. The van der Waals surface area contributed by atoms with E-state index in [9.17, 15) is 14.9 Å². The molecule has 182 valence electrons. The molecule has 0 radical (unpaired) electrons. The Morgan fingerprint density at radius 2 is 1.83 bits per heavy atom. The number of nitro groups is 1. The molecule has 0 aliphatic carbocycles. The van der Waals surface area contributed by atoms with E-state index >= 15 is 0 Å². The molecule has 11 heteroatoms. The van der Waals surface area contributed by atoms with Crippen LogP contribution in [-0.2, 0) is 4.74 Å². The van der Waals surface area contributed by atoms with Gasteiger partial charge in [0.15, 0.2) is 10.7 Å². The fraction of sp³-hybridized carbons (Fsp3) is 0.160. The zero-order valence-electron chi connectivity index (χ0n) is 19.0. The van der Waals surface area contributed by atoms with Crippen LogP contribution in [0.4, 0.5) is 17.1 Å². The number of anilines is 2. The third-order valence-corrected chi connectivity index (χ3v) is 5.88. The lowest BCUT2D eigenvalue weighted by atomic mass is 10.1. The number of nitrogens with zero attached hydrogens (tertiary/aromatic N) is 3. The highest BCUT2D eigenvalue weighted by molar-refractivity contribution is 7.80. The lowest BCUT2D eigenvalue weighted by Gasteiger charge is -2.28. The molecule has 1 aliphatic rings. The first kappa shape index (κ1) is 23.4. The number of morpholine rings is 1. The predicted molar refractivity (Wildman–Crippen MR) is 139 cm³/mol. The van der Waals surface area contributed by atoms with E-state index in [-0.39, 0.29) is 16.4 Å². The summed E-state index contributed by atoms with van der Waals surface area (Å²) < 4.78 is 11.1. The normalized spacial score (nSPS) is 13.4. The van der Waals surface area contributed by atoms with E-state index in [0.29, 0.717) is 54.7 Å². The maximum atomic E-state index is 12.8. The molecule has 2 N–H and O–H groups in total. The van der Waals surface area contributed by atoms with E-state index in [1.54, 1.807) is 30.3 Å². The van der Waals surface area contributed by atoms with Gasteiger partial charge in [0, 0.05) is 36.0 Å². The number of thiocarbonyl (C=S) groups is 1. The Hall–Kier alpha value is -4.35. The van der Waals surface area contributed by atoms with Gasteiger partial charge in [-0.2, -0.15) is 0 Å². The van der Waals surface area contributed by atoms with Gasteiger partial charge < -0.3 is 19.4 Å². The van der Waals surface area contributed by atoms with Crippen LogP contribution in [0, 0.1) is 10.1 Å². The topological polar surface area (TPSA) is 123 Å². The zero-order chi connectivity index (χ0) is 25.1. The van der Waals surface area contributed by atoms with Crippen molar-refractivity contribution in [3.63, 3.8) is 0 Å². The summed E-state index contributed by atoms with van der Waals surface area (Å²) in [5.74, 6) is -0.0567. The number of fused-ring (bicyclic) bond motifs is 1. The Labute approximate surface area is 211 Å². The van der Waals surface area contributed by atoms with Crippen LogP contribution in [0.5, 0.6) is 0 Å². The van der Waals surface area contributed by atoms with Crippen molar-refractivity contribution in [1.29, 1.82) is 0 Å². The van der Waals surface area contributed by atoms with E-state index in [1.165, 1.54) is 6.07 Å². The van der Waals surface area contributed by atoms with Crippen molar-refractivity contribution in [2.75, 3.05) is 36.5 Å². The molecule has 1 fully saturated rings. The SMILES string of the molecule is O=C(NC(=S)Nc1ccc2oc(-c3ccccc3)nc2c1)c1ccc(N2CCOCC2)c([N+](=O)[O-])c1. The number of hydrogen-bond donors (Lipinski definition) is 2. The fourth-order valence-electron chi connectivity index (χ4n) is 3.93. The number of hydrogen-bond acceptors (Lipinski definition) is 8. The third kappa shape index (κ3) is 5.02. The number of aromatic nitrogens is 1. The molecule has 2 heterocycles. The van der Waals surface area contributed by atoms with Gasteiger partial charge in [-0.1, -0.05) is 18.2 Å². The largest absolute Gasteiger partial charge is 0.436 e. The van der Waals surface area contributed by atoms with Crippen LogP contribution in [0.3, 0.4) is 0 Å². The van der Waals surface area contributed by atoms with Crippen LogP contribution in [0.2, 0.25) is 0 Å². The molecule has 5 rings (SSSR count). The van der Waals surface area contributed by atoms with Gasteiger partial charge in [-0.25, -0.2) is 4.98 Å². The summed E-state index contributed by atoms with van der Waals surface area (Å²) in [6.45, 7) is 2.08. The highest BCUT2D eigenvalue weighted by Crippen LogP contribution is 2.30. The maximum absolute atomic E-state index is 12.8. The maximum Gasteiger partial charge on any atom is 0.293 e. The molecule has 1 aromatic heterocycles. The molecule has 1 aliphatic heterocycles. The molecule has 36 heavy (non-hydrogen) atoms. The van der Waals surface area contributed by atoms with Crippen LogP contribution in [0.25, 0.3) is 22.6 Å². The second kappa shape index (κ2) is 10.1. The fourth-order valence-corrected chi connectivity index (χ4v) is 4.14. The van der Waals surface area contributed by atoms with E-state index in [4.69, 9.17) is 21.4 Å². The Balaban J connectivity index is 1.28. The summed E-state index contributed by atoms with van der Waals surface area (Å²) in [6, 6.07) is 19.2. The number of rotatable bonds is 5. The number of benzene rings is 3. The molecular formula is C25H21N5O5S. The van der Waals surface area contributed by atoms with Gasteiger partial charge in [0.1, 0.15) is 11.2 Å². The van der Waals surface area contributed by atoms with Crippen LogP contribution in [0.1, 0.15) is 10.4 Å². The predicted octanol–water partition coefficient (Wildman–Crippen LogP) is 4.37. The van der Waals surface area contributed by atoms with E-state index in [1.807, 2.05) is 35.2 Å². The summed E-state index contributed by atoms with van der Waals surface area (Å²) in [5, 5.41) is 17.2. The van der Waals surface area contributed by atoms with Gasteiger partial charge in [0.05, 0.1) is 18.1 Å². The van der Waals surface area contributed by atoms with Gasteiger partial charge in [0.2, 0.25) is 5.89 Å². The highest BCUT2D eigenvalue weighted by atomic mass is 32.1. The highest BCUT2D eigenvalue weighted by Gasteiger charge is 2.23. The van der Waals surface area contributed by atoms with E-state index < -0.39 is 10.8 Å². The van der Waals surface area contributed by atoms with E-state index in [2.05, 4.69) is 15.6 Å². The van der Waals surface area contributed by atoms with Crippen molar-refractivity contribution in [2.24, 2.45) is 0 Å². The first-order chi connectivity index (χ1) is 17.5. The first-order valence-corrected chi connectivity index (χ1v) is 11.6. The number of carbonyl (C=O) groups is 1. The van der Waals surface area contributed by atoms with Crippen LogP contribution < -0.4 is 15.5 Å². The van der Waals surface area contributed by atoms with Crippen molar-refractivity contribution in [3.8, 4) is 11.5 Å². The van der Waals surface area contributed by atoms with Gasteiger partial charge in [-0.3, -0.25) is 20.2 Å². The van der Waals surface area contributed by atoms with Crippen molar-refractivity contribution in [2.45, 2.75) is 0 Å². The summed E-state index contributed by atoms with van der Waals surface area (Å²) in [6.07, 6.45) is 0. The Morgan fingerprint density at radius 1 is 1.06 bits per heavy atom. The molecular weight excluding hydrogens is 482 g/mol. The Bertz CT molecular complexity index is 1450. The standard InChI is InChI=1S/C25H21N5O5S/c31-23(17-6-8-20(21(14-17)30(32)33)29-10-12-34-13-11-29)28-25(36)26-18-7-9-22-19(15-18)27-24(35-22)16-4-2-1-3-5-16/h1-9,14-15H,10-13H2,(H2,26,28,31,36). The monoisotopic (exact) mass is 503 g/mol. The third-order valence-electron chi connectivity index (χ3n) is 5.68. The first-order valence-electron chi connectivity index (χ1n) is 11.2. The molecule has 0 spiro atoms. The quantitative estimate of drug-likeness (QED) is 0.232. The van der Waals surface area contributed by atoms with Gasteiger partial charge in [0.25, 0.3) is 11.6 Å². The lowest BCUT2D eigenvalue weighted by Crippen LogP contribution is -2.37.